The van der Waals surface area contributed by atoms with Crippen LogP contribution in [0.15, 0.2) is 18.2 Å². The number of likely N-dealkylation sites (N-methyl/N-ethyl adjacent to an activating group) is 1. The van der Waals surface area contributed by atoms with Crippen molar-refractivity contribution in [2.75, 3.05) is 36.5 Å². The summed E-state index contributed by atoms with van der Waals surface area (Å²) in [6.45, 7) is 6.54. The summed E-state index contributed by atoms with van der Waals surface area (Å²) >= 11 is 0. The number of carbonyl (C=O) groups is 1. The molecule has 2 heterocycles. The first-order valence-electron chi connectivity index (χ1n) is 7.10. The number of ether oxygens (including phenoxy) is 1. The molecule has 2 aliphatic rings. The van der Waals surface area contributed by atoms with Crippen LogP contribution in [0.1, 0.15) is 13.8 Å². The third kappa shape index (κ3) is 2.12. The van der Waals surface area contributed by atoms with E-state index in [0.29, 0.717) is 12.1 Å². The Morgan fingerprint density at radius 3 is 2.65 bits per heavy atom. The lowest BCUT2D eigenvalue weighted by Crippen LogP contribution is -2.55. The monoisotopic (exact) mass is 275 g/mol. The second kappa shape index (κ2) is 4.98. The summed E-state index contributed by atoms with van der Waals surface area (Å²) in [6.07, 6.45) is 0. The van der Waals surface area contributed by atoms with Crippen LogP contribution in [0.3, 0.4) is 0 Å². The molecule has 0 saturated carbocycles. The van der Waals surface area contributed by atoms with Gasteiger partial charge in [0.25, 0.3) is 5.91 Å². The van der Waals surface area contributed by atoms with Gasteiger partial charge in [0.15, 0.2) is 6.61 Å². The number of fused-ring (bicyclic) bond motifs is 1. The number of hydrogen-bond acceptors (Lipinski definition) is 4. The molecule has 3 rings (SSSR count). The van der Waals surface area contributed by atoms with E-state index in [1.807, 2.05) is 6.07 Å². The first kappa shape index (κ1) is 13.2. The lowest BCUT2D eigenvalue weighted by atomic mass is 10.1. The Kier molecular flexibility index (Phi) is 3.30. The summed E-state index contributed by atoms with van der Waals surface area (Å²) < 4.78 is 5.57. The highest BCUT2D eigenvalue weighted by Crippen LogP contribution is 2.36. The maximum absolute atomic E-state index is 11.6. The van der Waals surface area contributed by atoms with E-state index in [0.717, 1.165) is 30.2 Å². The SMILES string of the molecule is CC1CNCC(C)N1c1ccc2c(c1)OCC(=O)N2C. The van der Waals surface area contributed by atoms with Crippen molar-refractivity contribution in [1.82, 2.24) is 5.32 Å². The number of nitrogens with one attached hydrogen (secondary N) is 1. The summed E-state index contributed by atoms with van der Waals surface area (Å²) in [4.78, 5) is 15.7. The number of amides is 1. The van der Waals surface area contributed by atoms with E-state index in [4.69, 9.17) is 4.74 Å². The molecule has 0 aliphatic carbocycles. The lowest BCUT2D eigenvalue weighted by molar-refractivity contribution is -0.120. The van der Waals surface area contributed by atoms with Crippen molar-refractivity contribution in [2.45, 2.75) is 25.9 Å². The molecule has 0 radical (unpaired) electrons. The van der Waals surface area contributed by atoms with Crippen molar-refractivity contribution >= 4 is 17.3 Å². The van der Waals surface area contributed by atoms with Gasteiger partial charge in [0.05, 0.1) is 5.69 Å². The molecule has 0 aromatic heterocycles. The van der Waals surface area contributed by atoms with Crippen LogP contribution < -0.4 is 19.9 Å². The molecular weight excluding hydrogens is 254 g/mol. The second-order valence-corrected chi connectivity index (χ2v) is 5.66. The fourth-order valence-electron chi connectivity index (χ4n) is 3.07. The molecule has 0 bridgehead atoms. The van der Waals surface area contributed by atoms with Gasteiger partial charge in [-0.25, -0.2) is 0 Å². The van der Waals surface area contributed by atoms with Crippen LogP contribution in [0.25, 0.3) is 0 Å². The van der Waals surface area contributed by atoms with Gasteiger partial charge in [-0.1, -0.05) is 0 Å². The van der Waals surface area contributed by atoms with Crippen LogP contribution >= 0.6 is 0 Å². The molecule has 1 aromatic carbocycles. The fraction of sp³-hybridized carbons (Fsp3) is 0.533. The van der Waals surface area contributed by atoms with Crippen LogP contribution in [0.4, 0.5) is 11.4 Å². The Morgan fingerprint density at radius 1 is 1.25 bits per heavy atom. The molecule has 20 heavy (non-hydrogen) atoms. The first-order valence-corrected chi connectivity index (χ1v) is 7.10. The lowest BCUT2D eigenvalue weighted by Gasteiger charge is -2.41. The van der Waals surface area contributed by atoms with E-state index >= 15 is 0 Å². The van der Waals surface area contributed by atoms with Crippen molar-refractivity contribution in [3.63, 3.8) is 0 Å². The van der Waals surface area contributed by atoms with Crippen molar-refractivity contribution in [3.8, 4) is 5.75 Å². The van der Waals surface area contributed by atoms with Crippen molar-refractivity contribution in [1.29, 1.82) is 0 Å². The summed E-state index contributed by atoms with van der Waals surface area (Å²) in [5.41, 5.74) is 2.01. The van der Waals surface area contributed by atoms with E-state index in [1.165, 1.54) is 0 Å². The molecule has 5 nitrogen and oxygen atoms in total. The van der Waals surface area contributed by atoms with E-state index in [-0.39, 0.29) is 12.5 Å². The van der Waals surface area contributed by atoms with Crippen LogP contribution in [0.2, 0.25) is 0 Å². The highest BCUT2D eigenvalue weighted by molar-refractivity contribution is 5.97. The molecule has 2 unspecified atom stereocenters. The van der Waals surface area contributed by atoms with Gasteiger partial charge < -0.3 is 19.9 Å². The number of carbonyl (C=O) groups excluding carboxylic acids is 1. The Hall–Kier alpha value is -1.75. The van der Waals surface area contributed by atoms with Gasteiger partial charge in [0, 0.05) is 44.0 Å². The van der Waals surface area contributed by atoms with Crippen LogP contribution in [-0.2, 0) is 4.79 Å². The Morgan fingerprint density at radius 2 is 1.95 bits per heavy atom. The van der Waals surface area contributed by atoms with Gasteiger partial charge in [-0.3, -0.25) is 4.79 Å². The smallest absolute Gasteiger partial charge is 0.264 e. The predicted molar refractivity (Wildman–Crippen MR) is 79.6 cm³/mol. The maximum Gasteiger partial charge on any atom is 0.264 e. The molecule has 1 fully saturated rings. The van der Waals surface area contributed by atoms with Crippen molar-refractivity contribution in [2.24, 2.45) is 0 Å². The standard InChI is InChI=1S/C15H21N3O2/c1-10-7-16-8-11(2)18(10)12-4-5-13-14(6-12)20-9-15(19)17(13)3/h4-6,10-11,16H,7-9H2,1-3H3. The van der Waals surface area contributed by atoms with Gasteiger partial charge in [0.1, 0.15) is 5.75 Å². The van der Waals surface area contributed by atoms with Gasteiger partial charge in [0.2, 0.25) is 0 Å². The molecule has 2 aliphatic heterocycles. The third-order valence-electron chi connectivity index (χ3n) is 4.16. The van der Waals surface area contributed by atoms with E-state index < -0.39 is 0 Å². The largest absolute Gasteiger partial charge is 0.481 e. The highest BCUT2D eigenvalue weighted by Gasteiger charge is 2.27. The molecule has 1 saturated heterocycles. The minimum absolute atomic E-state index is 0.00541. The molecule has 1 aromatic rings. The molecule has 1 amide bonds. The van der Waals surface area contributed by atoms with Gasteiger partial charge >= 0.3 is 0 Å². The number of piperazine rings is 1. The van der Waals surface area contributed by atoms with Crippen LogP contribution in [0.5, 0.6) is 5.75 Å². The van der Waals surface area contributed by atoms with Gasteiger partial charge in [-0.15, -0.1) is 0 Å². The number of rotatable bonds is 1. The summed E-state index contributed by atoms with van der Waals surface area (Å²) in [5.74, 6) is 0.789. The van der Waals surface area contributed by atoms with Crippen LogP contribution in [0, 0.1) is 0 Å². The second-order valence-electron chi connectivity index (χ2n) is 5.66. The minimum Gasteiger partial charge on any atom is -0.481 e. The first-order chi connectivity index (χ1) is 9.58. The molecular formula is C15H21N3O2. The fourth-order valence-corrected chi connectivity index (χ4v) is 3.07. The van der Waals surface area contributed by atoms with Gasteiger partial charge in [-0.2, -0.15) is 0 Å². The Balaban J connectivity index is 1.94. The number of anilines is 2. The molecule has 5 heteroatoms. The van der Waals surface area contributed by atoms with E-state index in [1.54, 1.807) is 11.9 Å². The third-order valence-corrected chi connectivity index (χ3v) is 4.16. The van der Waals surface area contributed by atoms with Crippen LogP contribution in [-0.4, -0.2) is 44.7 Å². The topological polar surface area (TPSA) is 44.8 Å². The molecule has 1 N–H and O–H groups in total. The molecule has 108 valence electrons. The average Bonchev–Trinajstić information content (AvgIpc) is 2.43. The number of benzene rings is 1. The predicted octanol–water partition coefficient (Wildman–Crippen LogP) is 1.23. The molecule has 2 atom stereocenters. The summed E-state index contributed by atoms with van der Waals surface area (Å²) in [7, 11) is 1.79. The zero-order chi connectivity index (χ0) is 14.3. The summed E-state index contributed by atoms with van der Waals surface area (Å²) in [6, 6.07) is 6.99. The zero-order valence-electron chi connectivity index (χ0n) is 12.2. The minimum atomic E-state index is -0.00541. The average molecular weight is 275 g/mol. The Bertz CT molecular complexity index is 522. The maximum atomic E-state index is 11.6. The zero-order valence-corrected chi connectivity index (χ0v) is 12.2. The molecule has 0 spiro atoms. The summed E-state index contributed by atoms with van der Waals surface area (Å²) in [5, 5.41) is 3.43. The van der Waals surface area contributed by atoms with Crippen molar-refractivity contribution < 1.29 is 9.53 Å². The van der Waals surface area contributed by atoms with Crippen molar-refractivity contribution in [3.05, 3.63) is 18.2 Å². The number of nitrogens with zero attached hydrogens (tertiary/aromatic N) is 2. The number of hydrogen-bond donors (Lipinski definition) is 1. The van der Waals surface area contributed by atoms with E-state index in [2.05, 4.69) is 36.2 Å². The highest BCUT2D eigenvalue weighted by atomic mass is 16.5. The van der Waals surface area contributed by atoms with E-state index in [9.17, 15) is 4.79 Å². The quantitative estimate of drug-likeness (QED) is 0.837. The Labute approximate surface area is 119 Å². The van der Waals surface area contributed by atoms with Gasteiger partial charge in [-0.05, 0) is 26.0 Å². The normalized spacial score (nSPS) is 26.2.